The molecule has 0 spiro atoms. The second kappa shape index (κ2) is 10.9. The summed E-state index contributed by atoms with van der Waals surface area (Å²) < 4.78 is 36.7. The predicted molar refractivity (Wildman–Crippen MR) is 120 cm³/mol. The van der Waals surface area contributed by atoms with Crippen LogP contribution in [0.25, 0.3) is 0 Å². The van der Waals surface area contributed by atoms with Crippen LogP contribution in [0.15, 0.2) is 42.7 Å². The normalized spacial score (nSPS) is 11.3. The van der Waals surface area contributed by atoms with Crippen LogP contribution in [0.3, 0.4) is 0 Å². The summed E-state index contributed by atoms with van der Waals surface area (Å²) in [6.07, 6.45) is 4.44. The van der Waals surface area contributed by atoms with Crippen molar-refractivity contribution in [3.63, 3.8) is 0 Å². The Morgan fingerprint density at radius 1 is 1.03 bits per heavy atom. The van der Waals surface area contributed by atoms with Gasteiger partial charge < -0.3 is 14.8 Å². The summed E-state index contributed by atoms with van der Waals surface area (Å²) in [5.74, 6) is 1.74. The average Bonchev–Trinajstić information content (AvgIpc) is 2.79. The monoisotopic (exact) mass is 458 g/mol. The first-order valence-electron chi connectivity index (χ1n) is 9.99. The van der Waals surface area contributed by atoms with Crippen LogP contribution in [-0.2, 0) is 40.1 Å². The zero-order valence-electron chi connectivity index (χ0n) is 18.2. The molecular formula is C21H26N6O4S. The van der Waals surface area contributed by atoms with E-state index in [1.807, 2.05) is 6.92 Å². The molecule has 2 N–H and O–H groups in total. The van der Waals surface area contributed by atoms with E-state index in [4.69, 9.17) is 9.47 Å². The third kappa shape index (κ3) is 6.94. The van der Waals surface area contributed by atoms with Crippen molar-refractivity contribution in [3.8, 4) is 11.6 Å². The summed E-state index contributed by atoms with van der Waals surface area (Å²) >= 11 is 0. The average molecular weight is 459 g/mol. The van der Waals surface area contributed by atoms with Gasteiger partial charge in [0, 0.05) is 25.6 Å². The van der Waals surface area contributed by atoms with Crippen molar-refractivity contribution in [2.45, 2.75) is 32.2 Å². The molecule has 1 aromatic carbocycles. The molecule has 0 radical (unpaired) electrons. The van der Waals surface area contributed by atoms with E-state index >= 15 is 0 Å². The number of ether oxygens (including phenoxy) is 2. The van der Waals surface area contributed by atoms with Crippen LogP contribution in [0, 0.1) is 0 Å². The fraction of sp³-hybridized carbons (Fsp3) is 0.333. The Balaban J connectivity index is 1.72. The molecular weight excluding hydrogens is 432 g/mol. The van der Waals surface area contributed by atoms with Gasteiger partial charge in [-0.1, -0.05) is 19.1 Å². The highest BCUT2D eigenvalue weighted by molar-refractivity contribution is 7.88. The Hall–Kier alpha value is -3.15. The summed E-state index contributed by atoms with van der Waals surface area (Å²) in [4.78, 5) is 17.4. The molecule has 2 heterocycles. The van der Waals surface area contributed by atoms with Crippen LogP contribution in [-0.4, -0.2) is 42.5 Å². The van der Waals surface area contributed by atoms with Crippen molar-refractivity contribution in [1.82, 2.24) is 24.7 Å². The third-order valence-corrected chi connectivity index (χ3v) is 5.77. The molecule has 0 atom stereocenters. The second-order valence-corrected chi connectivity index (χ2v) is 8.80. The fourth-order valence-corrected chi connectivity index (χ4v) is 3.50. The molecule has 11 heteroatoms. The van der Waals surface area contributed by atoms with E-state index in [0.29, 0.717) is 41.2 Å². The first kappa shape index (κ1) is 23.5. The zero-order valence-corrected chi connectivity index (χ0v) is 19.0. The largest absolute Gasteiger partial charge is 0.439 e. The molecule has 3 aromatic rings. The van der Waals surface area contributed by atoms with Gasteiger partial charge in [0.15, 0.2) is 5.82 Å². The van der Waals surface area contributed by atoms with Gasteiger partial charge in [0.1, 0.15) is 12.4 Å². The van der Waals surface area contributed by atoms with Crippen LogP contribution >= 0.6 is 0 Å². The number of sulfonamides is 1. The van der Waals surface area contributed by atoms with Crippen molar-refractivity contribution in [1.29, 1.82) is 0 Å². The molecule has 0 saturated heterocycles. The van der Waals surface area contributed by atoms with E-state index in [1.54, 1.807) is 49.8 Å². The van der Waals surface area contributed by atoms with E-state index in [9.17, 15) is 8.42 Å². The Morgan fingerprint density at radius 2 is 1.75 bits per heavy atom. The number of nitrogens with one attached hydrogen (secondary N) is 2. The minimum Gasteiger partial charge on any atom is -0.439 e. The minimum absolute atomic E-state index is 0.105. The lowest BCUT2D eigenvalue weighted by Gasteiger charge is -2.10. The van der Waals surface area contributed by atoms with Gasteiger partial charge in [0.05, 0.1) is 18.0 Å². The van der Waals surface area contributed by atoms with Crippen molar-refractivity contribution in [3.05, 3.63) is 65.4 Å². The smallest absolute Gasteiger partial charge is 0.222 e. The van der Waals surface area contributed by atoms with Crippen LogP contribution < -0.4 is 14.8 Å². The maximum Gasteiger partial charge on any atom is 0.222 e. The number of anilines is 1. The van der Waals surface area contributed by atoms with Gasteiger partial charge in [-0.05, 0) is 36.7 Å². The summed E-state index contributed by atoms with van der Waals surface area (Å²) in [5, 5.41) is 3.14. The van der Waals surface area contributed by atoms with E-state index < -0.39 is 10.0 Å². The number of hydrogen-bond donors (Lipinski definition) is 2. The minimum atomic E-state index is -3.34. The highest BCUT2D eigenvalue weighted by atomic mass is 32.2. The zero-order chi connectivity index (χ0) is 23.0. The van der Waals surface area contributed by atoms with E-state index in [2.05, 4.69) is 30.0 Å². The highest BCUT2D eigenvalue weighted by Gasteiger charge is 2.10. The number of benzene rings is 1. The number of hydrogen-bond acceptors (Lipinski definition) is 9. The molecule has 0 bridgehead atoms. The molecule has 0 fully saturated rings. The molecule has 2 aromatic heterocycles. The van der Waals surface area contributed by atoms with Crippen molar-refractivity contribution >= 4 is 16.0 Å². The summed E-state index contributed by atoms with van der Waals surface area (Å²) in [6, 6.07) is 8.49. The van der Waals surface area contributed by atoms with Gasteiger partial charge in [-0.3, -0.25) is 0 Å². The summed E-state index contributed by atoms with van der Waals surface area (Å²) in [7, 11) is -0.385. The van der Waals surface area contributed by atoms with Crippen LogP contribution in [0.1, 0.15) is 29.6 Å². The number of aromatic nitrogens is 4. The lowest BCUT2D eigenvalue weighted by Crippen LogP contribution is -2.20. The molecule has 0 aliphatic heterocycles. The van der Waals surface area contributed by atoms with Gasteiger partial charge in [0.2, 0.25) is 21.9 Å². The summed E-state index contributed by atoms with van der Waals surface area (Å²) in [5.41, 5.74) is 2.39. The van der Waals surface area contributed by atoms with Crippen molar-refractivity contribution in [2.24, 2.45) is 0 Å². The maximum atomic E-state index is 11.7. The molecule has 170 valence electrons. The first-order valence-corrected chi connectivity index (χ1v) is 11.6. The third-order valence-electron chi connectivity index (χ3n) is 4.43. The van der Waals surface area contributed by atoms with Crippen LogP contribution in [0.5, 0.6) is 11.6 Å². The fourth-order valence-electron chi connectivity index (χ4n) is 2.73. The molecule has 0 unspecified atom stereocenters. The molecule has 32 heavy (non-hydrogen) atoms. The molecule has 0 saturated carbocycles. The van der Waals surface area contributed by atoms with E-state index in [0.717, 1.165) is 12.0 Å². The topological polar surface area (TPSA) is 128 Å². The number of aryl methyl sites for hydroxylation is 1. The number of methoxy groups -OCH3 is 1. The Labute approximate surface area is 187 Å². The SMILES string of the molecule is CCc1cnc(NCc2cc(Oc3ccc(CS(=O)(=O)NC)cc3)nc(COC)n2)nc1. The second-order valence-electron chi connectivity index (χ2n) is 6.88. The maximum absolute atomic E-state index is 11.7. The van der Waals surface area contributed by atoms with Gasteiger partial charge in [-0.2, -0.15) is 4.98 Å². The van der Waals surface area contributed by atoms with Crippen molar-refractivity contribution < 1.29 is 17.9 Å². The number of rotatable bonds is 11. The highest BCUT2D eigenvalue weighted by Crippen LogP contribution is 2.22. The van der Waals surface area contributed by atoms with E-state index in [-0.39, 0.29) is 12.4 Å². The van der Waals surface area contributed by atoms with Crippen LogP contribution in [0.4, 0.5) is 5.95 Å². The van der Waals surface area contributed by atoms with E-state index in [1.165, 1.54) is 7.05 Å². The van der Waals surface area contributed by atoms with Gasteiger partial charge in [0.25, 0.3) is 0 Å². The van der Waals surface area contributed by atoms with Crippen LogP contribution in [0.2, 0.25) is 0 Å². The Bertz CT molecular complexity index is 1120. The van der Waals surface area contributed by atoms with Gasteiger partial charge >= 0.3 is 0 Å². The standard InChI is InChI=1S/C21H26N6O4S/c1-4-15-10-23-21(24-11-15)25-12-17-9-20(27-19(26-17)13-30-3)31-18-7-5-16(6-8-18)14-32(28,29)22-2/h5-11,22H,4,12-14H2,1-3H3,(H,23,24,25). The Morgan fingerprint density at radius 3 is 2.38 bits per heavy atom. The molecule has 0 amide bonds. The molecule has 10 nitrogen and oxygen atoms in total. The molecule has 3 rings (SSSR count). The molecule has 0 aliphatic rings. The Kier molecular flexibility index (Phi) is 8.03. The number of nitrogens with zero attached hydrogens (tertiary/aromatic N) is 4. The predicted octanol–water partition coefficient (Wildman–Crippen LogP) is 2.43. The first-order chi connectivity index (χ1) is 15.4. The van der Waals surface area contributed by atoms with Gasteiger partial charge in [-0.15, -0.1) is 0 Å². The van der Waals surface area contributed by atoms with Crippen molar-refractivity contribution in [2.75, 3.05) is 19.5 Å². The lowest BCUT2D eigenvalue weighted by atomic mass is 10.2. The lowest BCUT2D eigenvalue weighted by molar-refractivity contribution is 0.177. The summed E-state index contributed by atoms with van der Waals surface area (Å²) in [6.45, 7) is 2.65. The molecule has 0 aliphatic carbocycles. The quantitative estimate of drug-likeness (QED) is 0.445. The van der Waals surface area contributed by atoms with Gasteiger partial charge in [-0.25, -0.2) is 28.1 Å².